The van der Waals surface area contributed by atoms with Gasteiger partial charge in [0.25, 0.3) is 0 Å². The lowest BCUT2D eigenvalue weighted by molar-refractivity contribution is 1.19. The van der Waals surface area contributed by atoms with E-state index in [4.69, 9.17) is 0 Å². The van der Waals surface area contributed by atoms with Crippen molar-refractivity contribution in [2.75, 3.05) is 0 Å². The van der Waals surface area contributed by atoms with Gasteiger partial charge in [0, 0.05) is 38.3 Å². The lowest BCUT2D eigenvalue weighted by Crippen LogP contribution is -1.94. The van der Waals surface area contributed by atoms with E-state index in [1.807, 2.05) is 11.3 Å². The molecule has 0 N–H and O–H groups in total. The van der Waals surface area contributed by atoms with Gasteiger partial charge < -0.3 is 9.13 Å². The second-order valence-corrected chi connectivity index (χ2v) is 11.6. The van der Waals surface area contributed by atoms with Crippen LogP contribution in [0.15, 0.2) is 146 Å². The molecule has 0 bridgehead atoms. The molecule has 192 valence electrons. The molecule has 9 rings (SSSR count). The number of thiophene rings is 1. The smallest absolute Gasteiger partial charge is 0.109 e. The van der Waals surface area contributed by atoms with E-state index < -0.39 is 0 Å². The van der Waals surface area contributed by atoms with Crippen LogP contribution in [0.4, 0.5) is 0 Å². The summed E-state index contributed by atoms with van der Waals surface area (Å²) >= 11 is 1.91. The van der Waals surface area contributed by atoms with Crippen molar-refractivity contribution in [2.24, 2.45) is 0 Å². The van der Waals surface area contributed by atoms with Gasteiger partial charge in [-0.15, -0.1) is 11.3 Å². The number of fused-ring (bicyclic) bond motifs is 9. The summed E-state index contributed by atoms with van der Waals surface area (Å²) in [6.07, 6.45) is 0. The van der Waals surface area contributed by atoms with Crippen LogP contribution in [0.5, 0.6) is 0 Å². The van der Waals surface area contributed by atoms with Crippen molar-refractivity contribution in [1.29, 1.82) is 0 Å². The van der Waals surface area contributed by atoms with Gasteiger partial charge >= 0.3 is 0 Å². The number of rotatable bonds is 3. The van der Waals surface area contributed by atoms with Crippen LogP contribution in [0, 0.1) is 0 Å². The molecule has 6 aromatic carbocycles. The van der Waals surface area contributed by atoms with Crippen LogP contribution in [-0.2, 0) is 0 Å². The minimum Gasteiger partial charge on any atom is -0.308 e. The van der Waals surface area contributed by atoms with E-state index in [-0.39, 0.29) is 0 Å². The average Bonchev–Trinajstić information content (AvgIpc) is 3.69. The maximum absolute atomic E-state index is 2.48. The molecule has 0 unspecified atom stereocenters. The topological polar surface area (TPSA) is 9.86 Å². The van der Waals surface area contributed by atoms with Gasteiger partial charge in [-0.2, -0.15) is 0 Å². The Balaban J connectivity index is 1.43. The molecule has 0 amide bonds. The number of benzene rings is 6. The average molecular weight is 541 g/mol. The Labute approximate surface area is 240 Å². The van der Waals surface area contributed by atoms with Gasteiger partial charge in [0.15, 0.2) is 0 Å². The highest BCUT2D eigenvalue weighted by atomic mass is 32.1. The first kappa shape index (κ1) is 22.7. The Morgan fingerprint density at radius 2 is 1.02 bits per heavy atom. The Kier molecular flexibility index (Phi) is 4.80. The van der Waals surface area contributed by atoms with E-state index in [9.17, 15) is 0 Å². The van der Waals surface area contributed by atoms with E-state index in [2.05, 4.69) is 155 Å². The summed E-state index contributed by atoms with van der Waals surface area (Å²) in [6.45, 7) is 0. The first-order valence-corrected chi connectivity index (χ1v) is 14.8. The molecule has 0 atom stereocenters. The normalized spacial score (nSPS) is 11.9. The third kappa shape index (κ3) is 3.24. The van der Waals surface area contributed by atoms with Crippen molar-refractivity contribution in [3.8, 4) is 22.5 Å². The van der Waals surface area contributed by atoms with E-state index in [0.717, 1.165) is 0 Å². The molecule has 2 nitrogen and oxygen atoms in total. The molecule has 3 aromatic heterocycles. The molecule has 41 heavy (non-hydrogen) atoms. The van der Waals surface area contributed by atoms with Gasteiger partial charge in [0.1, 0.15) is 4.83 Å². The molecule has 0 fully saturated rings. The quantitative estimate of drug-likeness (QED) is 0.211. The fraction of sp³-hybridized carbons (Fsp3) is 0. The van der Waals surface area contributed by atoms with Gasteiger partial charge in [-0.25, -0.2) is 0 Å². The van der Waals surface area contributed by atoms with Crippen molar-refractivity contribution >= 4 is 64.3 Å². The summed E-state index contributed by atoms with van der Waals surface area (Å²) in [6, 6.07) is 52.7. The Morgan fingerprint density at radius 3 is 1.83 bits per heavy atom. The van der Waals surface area contributed by atoms with Gasteiger partial charge in [-0.1, -0.05) is 109 Å². The Bertz CT molecular complexity index is 2410. The first-order valence-electron chi connectivity index (χ1n) is 14.0. The highest BCUT2D eigenvalue weighted by Crippen LogP contribution is 2.47. The van der Waals surface area contributed by atoms with E-state index >= 15 is 0 Å². The van der Waals surface area contributed by atoms with Crippen molar-refractivity contribution in [3.05, 3.63) is 146 Å². The fourth-order valence-corrected chi connectivity index (χ4v) is 7.94. The van der Waals surface area contributed by atoms with Crippen LogP contribution in [-0.4, -0.2) is 9.13 Å². The molecular weight excluding hydrogens is 516 g/mol. The van der Waals surface area contributed by atoms with Crippen LogP contribution in [0.1, 0.15) is 0 Å². The van der Waals surface area contributed by atoms with E-state index in [1.54, 1.807) is 0 Å². The maximum atomic E-state index is 2.48. The zero-order chi connectivity index (χ0) is 26.9. The Hall–Kier alpha value is -5.12. The van der Waals surface area contributed by atoms with Crippen LogP contribution < -0.4 is 0 Å². The molecular formula is C38H24N2S. The summed E-state index contributed by atoms with van der Waals surface area (Å²) in [5.41, 5.74) is 8.58. The summed E-state index contributed by atoms with van der Waals surface area (Å²) in [7, 11) is 0. The number of para-hydroxylation sites is 3. The third-order valence-electron chi connectivity index (χ3n) is 8.32. The summed E-state index contributed by atoms with van der Waals surface area (Å²) in [5, 5.41) is 6.51. The minimum atomic E-state index is 1.18. The fourth-order valence-electron chi connectivity index (χ4n) is 6.55. The molecule has 0 aliphatic rings. The van der Waals surface area contributed by atoms with Crippen molar-refractivity contribution in [2.45, 2.75) is 0 Å². The minimum absolute atomic E-state index is 1.18. The zero-order valence-electron chi connectivity index (χ0n) is 22.2. The summed E-state index contributed by atoms with van der Waals surface area (Å²) in [5.74, 6) is 0. The zero-order valence-corrected chi connectivity index (χ0v) is 23.0. The molecule has 0 saturated heterocycles. The monoisotopic (exact) mass is 540 g/mol. The third-order valence-corrected chi connectivity index (χ3v) is 9.51. The standard InChI is InChI=1S/C38H24N2S/c1-3-12-25(13-4-1)26-14-11-17-28(24-26)39-33-20-9-7-18-29(33)30-22-23-32-35-31-19-8-10-21-34(31)40(27-15-5-2-6-16-27)38(35)41-37(32)36(30)39/h1-24H. The van der Waals surface area contributed by atoms with Crippen LogP contribution in [0.3, 0.4) is 0 Å². The molecule has 0 radical (unpaired) electrons. The Morgan fingerprint density at radius 1 is 0.415 bits per heavy atom. The van der Waals surface area contributed by atoms with Gasteiger partial charge in [0.2, 0.25) is 0 Å². The predicted molar refractivity (Wildman–Crippen MR) is 176 cm³/mol. The predicted octanol–water partition coefficient (Wildman–Crippen LogP) is 10.8. The first-order chi connectivity index (χ1) is 20.4. The second kappa shape index (κ2) is 8.69. The van der Waals surface area contributed by atoms with Crippen molar-refractivity contribution in [1.82, 2.24) is 9.13 Å². The molecule has 0 aliphatic carbocycles. The largest absolute Gasteiger partial charge is 0.308 e. The molecule has 0 spiro atoms. The highest BCUT2D eigenvalue weighted by molar-refractivity contribution is 7.26. The summed E-state index contributed by atoms with van der Waals surface area (Å²) in [4.78, 5) is 1.29. The number of hydrogen-bond acceptors (Lipinski definition) is 1. The lowest BCUT2D eigenvalue weighted by atomic mass is 10.1. The number of nitrogens with zero attached hydrogens (tertiary/aromatic N) is 2. The van der Waals surface area contributed by atoms with Crippen molar-refractivity contribution < 1.29 is 0 Å². The van der Waals surface area contributed by atoms with Crippen LogP contribution >= 0.6 is 11.3 Å². The SMILES string of the molecule is c1ccc(-c2cccc(-n3c4ccccc4c4ccc5c(sc6c5c5ccccc5n6-c5ccccc5)c43)c2)cc1. The molecule has 3 heteroatoms. The summed E-state index contributed by atoms with van der Waals surface area (Å²) < 4.78 is 6.23. The molecule has 0 aliphatic heterocycles. The van der Waals surface area contributed by atoms with Gasteiger partial charge in [-0.05, 0) is 47.5 Å². The second-order valence-electron chi connectivity index (χ2n) is 10.6. The lowest BCUT2D eigenvalue weighted by Gasteiger charge is -2.11. The number of hydrogen-bond donors (Lipinski definition) is 0. The van der Waals surface area contributed by atoms with E-state index in [0.29, 0.717) is 0 Å². The van der Waals surface area contributed by atoms with Crippen LogP contribution in [0.25, 0.3) is 75.5 Å². The van der Waals surface area contributed by atoms with Crippen LogP contribution in [0.2, 0.25) is 0 Å². The highest BCUT2D eigenvalue weighted by Gasteiger charge is 2.22. The maximum Gasteiger partial charge on any atom is 0.109 e. The number of aromatic nitrogens is 2. The molecule has 0 saturated carbocycles. The van der Waals surface area contributed by atoms with Gasteiger partial charge in [-0.3, -0.25) is 0 Å². The molecule has 9 aromatic rings. The van der Waals surface area contributed by atoms with Crippen molar-refractivity contribution in [3.63, 3.8) is 0 Å². The van der Waals surface area contributed by atoms with E-state index in [1.165, 1.54) is 75.5 Å². The van der Waals surface area contributed by atoms with Gasteiger partial charge in [0.05, 0.1) is 21.3 Å². The molecule has 3 heterocycles.